The second-order valence-electron chi connectivity index (χ2n) is 4.97. The van der Waals surface area contributed by atoms with E-state index >= 15 is 0 Å². The predicted molar refractivity (Wildman–Crippen MR) is 85.8 cm³/mol. The van der Waals surface area contributed by atoms with E-state index in [0.29, 0.717) is 6.04 Å². The van der Waals surface area contributed by atoms with Crippen LogP contribution in [0.2, 0.25) is 0 Å². The molecule has 2 rings (SSSR count). The summed E-state index contributed by atoms with van der Waals surface area (Å²) in [5.74, 6) is 0. The van der Waals surface area contributed by atoms with Gasteiger partial charge in [-0.1, -0.05) is 50.1 Å². The number of benzene rings is 1. The minimum Gasteiger partial charge on any atom is -0.310 e. The molecule has 1 aromatic heterocycles. The van der Waals surface area contributed by atoms with Gasteiger partial charge in [0.15, 0.2) is 0 Å². The standard InChI is InChI=1S/C17H23NS/c1-4-6-15(18-5-2)17-12-11-16(19-17)14-9-7-13(3)8-10-14/h7-12,15,18H,4-6H2,1-3H3. The maximum absolute atomic E-state index is 3.58. The maximum Gasteiger partial charge on any atom is 0.0414 e. The van der Waals surface area contributed by atoms with Crippen molar-refractivity contribution in [2.75, 3.05) is 6.54 Å². The summed E-state index contributed by atoms with van der Waals surface area (Å²) in [6.45, 7) is 7.59. The zero-order valence-corrected chi connectivity index (χ0v) is 12.9. The van der Waals surface area contributed by atoms with Gasteiger partial charge in [0.05, 0.1) is 0 Å². The van der Waals surface area contributed by atoms with Gasteiger partial charge in [0.25, 0.3) is 0 Å². The zero-order chi connectivity index (χ0) is 13.7. The van der Waals surface area contributed by atoms with Gasteiger partial charge in [-0.2, -0.15) is 0 Å². The zero-order valence-electron chi connectivity index (χ0n) is 12.1. The Hall–Kier alpha value is -1.12. The Morgan fingerprint density at radius 2 is 1.79 bits per heavy atom. The lowest BCUT2D eigenvalue weighted by atomic mass is 10.1. The Morgan fingerprint density at radius 1 is 1.05 bits per heavy atom. The molecule has 102 valence electrons. The molecule has 0 bridgehead atoms. The van der Waals surface area contributed by atoms with Crippen molar-refractivity contribution in [2.24, 2.45) is 0 Å². The quantitative estimate of drug-likeness (QED) is 0.765. The third-order valence-corrected chi connectivity index (χ3v) is 4.58. The van der Waals surface area contributed by atoms with Gasteiger partial charge in [-0.25, -0.2) is 0 Å². The van der Waals surface area contributed by atoms with E-state index in [0.717, 1.165) is 6.54 Å². The maximum atomic E-state index is 3.58. The van der Waals surface area contributed by atoms with Crippen LogP contribution in [0.15, 0.2) is 36.4 Å². The summed E-state index contributed by atoms with van der Waals surface area (Å²) in [7, 11) is 0. The Kier molecular flexibility index (Phi) is 5.17. The van der Waals surface area contributed by atoms with Crippen LogP contribution in [0.25, 0.3) is 10.4 Å². The SMILES string of the molecule is CCCC(NCC)c1ccc(-c2ccc(C)cc2)s1. The van der Waals surface area contributed by atoms with E-state index in [-0.39, 0.29) is 0 Å². The molecule has 0 spiro atoms. The number of aryl methyl sites for hydroxylation is 1. The fourth-order valence-electron chi connectivity index (χ4n) is 2.29. The van der Waals surface area contributed by atoms with Crippen molar-refractivity contribution in [2.45, 2.75) is 39.7 Å². The van der Waals surface area contributed by atoms with Crippen LogP contribution < -0.4 is 5.32 Å². The molecule has 1 heterocycles. The Balaban J connectivity index is 2.19. The predicted octanol–water partition coefficient (Wildman–Crippen LogP) is 5.17. The summed E-state index contributed by atoms with van der Waals surface area (Å²) < 4.78 is 0. The first kappa shape index (κ1) is 14.3. The van der Waals surface area contributed by atoms with Gasteiger partial charge < -0.3 is 5.32 Å². The van der Waals surface area contributed by atoms with E-state index in [4.69, 9.17) is 0 Å². The lowest BCUT2D eigenvalue weighted by Gasteiger charge is -2.15. The first-order valence-corrected chi connectivity index (χ1v) is 7.96. The molecule has 0 aliphatic carbocycles. The smallest absolute Gasteiger partial charge is 0.0414 e. The van der Waals surface area contributed by atoms with Crippen LogP contribution in [-0.4, -0.2) is 6.54 Å². The fraction of sp³-hybridized carbons (Fsp3) is 0.412. The van der Waals surface area contributed by atoms with Crippen molar-refractivity contribution in [3.63, 3.8) is 0 Å². The van der Waals surface area contributed by atoms with Crippen molar-refractivity contribution >= 4 is 11.3 Å². The average molecular weight is 273 g/mol. The Morgan fingerprint density at radius 3 is 2.42 bits per heavy atom. The largest absolute Gasteiger partial charge is 0.310 e. The molecule has 1 unspecified atom stereocenters. The third-order valence-electron chi connectivity index (χ3n) is 3.33. The second kappa shape index (κ2) is 6.88. The summed E-state index contributed by atoms with van der Waals surface area (Å²) in [6.07, 6.45) is 2.43. The molecule has 0 radical (unpaired) electrons. The summed E-state index contributed by atoms with van der Waals surface area (Å²) in [5, 5.41) is 3.58. The molecule has 0 saturated carbocycles. The van der Waals surface area contributed by atoms with E-state index in [1.165, 1.54) is 33.7 Å². The van der Waals surface area contributed by atoms with Gasteiger partial charge in [-0.3, -0.25) is 0 Å². The first-order valence-electron chi connectivity index (χ1n) is 7.14. The molecule has 0 saturated heterocycles. The van der Waals surface area contributed by atoms with Crippen LogP contribution in [0, 0.1) is 6.92 Å². The van der Waals surface area contributed by atoms with Crippen molar-refractivity contribution in [1.29, 1.82) is 0 Å². The van der Waals surface area contributed by atoms with Crippen LogP contribution in [-0.2, 0) is 0 Å². The molecular weight excluding hydrogens is 250 g/mol. The summed E-state index contributed by atoms with van der Waals surface area (Å²) >= 11 is 1.92. The van der Waals surface area contributed by atoms with Gasteiger partial charge >= 0.3 is 0 Å². The Bertz CT molecular complexity index is 492. The van der Waals surface area contributed by atoms with E-state index in [1.54, 1.807) is 0 Å². The van der Waals surface area contributed by atoms with Crippen molar-refractivity contribution in [3.05, 3.63) is 46.8 Å². The number of nitrogens with one attached hydrogen (secondary N) is 1. The van der Waals surface area contributed by atoms with E-state index < -0.39 is 0 Å². The lowest BCUT2D eigenvalue weighted by molar-refractivity contribution is 0.516. The number of rotatable bonds is 6. The van der Waals surface area contributed by atoms with Crippen molar-refractivity contribution in [1.82, 2.24) is 5.32 Å². The third kappa shape index (κ3) is 3.68. The molecule has 0 amide bonds. The molecule has 0 aliphatic rings. The average Bonchev–Trinajstić information content (AvgIpc) is 2.89. The van der Waals surface area contributed by atoms with Crippen LogP contribution in [0.4, 0.5) is 0 Å². The molecular formula is C17H23NS. The summed E-state index contributed by atoms with van der Waals surface area (Å²) in [5.41, 5.74) is 2.64. The molecule has 19 heavy (non-hydrogen) atoms. The number of hydrogen-bond acceptors (Lipinski definition) is 2. The Labute approximate surface area is 120 Å². The molecule has 0 aliphatic heterocycles. The van der Waals surface area contributed by atoms with E-state index in [2.05, 4.69) is 62.5 Å². The molecule has 2 aromatic rings. The molecule has 1 atom stereocenters. The van der Waals surface area contributed by atoms with Crippen molar-refractivity contribution in [3.8, 4) is 10.4 Å². The van der Waals surface area contributed by atoms with Gasteiger partial charge in [0.1, 0.15) is 0 Å². The highest BCUT2D eigenvalue weighted by Crippen LogP contribution is 2.33. The van der Waals surface area contributed by atoms with Crippen LogP contribution in [0.3, 0.4) is 0 Å². The van der Waals surface area contributed by atoms with Crippen LogP contribution in [0.5, 0.6) is 0 Å². The topological polar surface area (TPSA) is 12.0 Å². The van der Waals surface area contributed by atoms with Gasteiger partial charge in [0.2, 0.25) is 0 Å². The van der Waals surface area contributed by atoms with Gasteiger partial charge in [-0.05, 0) is 37.6 Å². The monoisotopic (exact) mass is 273 g/mol. The normalized spacial score (nSPS) is 12.6. The highest BCUT2D eigenvalue weighted by atomic mass is 32.1. The molecule has 1 aromatic carbocycles. The minimum absolute atomic E-state index is 0.513. The van der Waals surface area contributed by atoms with E-state index in [9.17, 15) is 0 Å². The van der Waals surface area contributed by atoms with Gasteiger partial charge in [-0.15, -0.1) is 11.3 Å². The number of hydrogen-bond donors (Lipinski definition) is 1. The van der Waals surface area contributed by atoms with Crippen LogP contribution in [0.1, 0.15) is 43.2 Å². The van der Waals surface area contributed by atoms with E-state index in [1.807, 2.05) is 11.3 Å². The molecule has 1 N–H and O–H groups in total. The van der Waals surface area contributed by atoms with Crippen molar-refractivity contribution < 1.29 is 0 Å². The molecule has 0 fully saturated rings. The number of thiophene rings is 1. The summed E-state index contributed by atoms with van der Waals surface area (Å²) in [6, 6.07) is 13.8. The fourth-order valence-corrected chi connectivity index (χ4v) is 3.42. The highest BCUT2D eigenvalue weighted by Gasteiger charge is 2.12. The first-order chi connectivity index (χ1) is 9.24. The highest BCUT2D eigenvalue weighted by molar-refractivity contribution is 7.15. The summed E-state index contributed by atoms with van der Waals surface area (Å²) in [4.78, 5) is 2.83. The lowest BCUT2D eigenvalue weighted by Crippen LogP contribution is -2.19. The molecule has 1 nitrogen and oxygen atoms in total. The second-order valence-corrected chi connectivity index (χ2v) is 6.08. The molecule has 2 heteroatoms. The van der Waals surface area contributed by atoms with Crippen LogP contribution >= 0.6 is 11.3 Å². The van der Waals surface area contributed by atoms with Gasteiger partial charge in [0, 0.05) is 15.8 Å². The minimum atomic E-state index is 0.513.